The normalized spacial score (nSPS) is 19.4. The Kier molecular flexibility index (Phi) is 6.58. The highest BCUT2D eigenvalue weighted by Crippen LogP contribution is 2.29. The van der Waals surface area contributed by atoms with Crippen LogP contribution in [0.15, 0.2) is 48.5 Å². The van der Waals surface area contributed by atoms with Gasteiger partial charge in [0.2, 0.25) is 15.9 Å². The minimum Gasteiger partial charge on any atom is -0.355 e. The second-order valence-corrected chi connectivity index (χ2v) is 9.92. The summed E-state index contributed by atoms with van der Waals surface area (Å²) in [7, 11) is -1.99. The van der Waals surface area contributed by atoms with Crippen LogP contribution >= 0.6 is 0 Å². The van der Waals surface area contributed by atoms with Crippen molar-refractivity contribution in [3.8, 4) is 11.1 Å². The largest absolute Gasteiger partial charge is 0.355 e. The van der Waals surface area contributed by atoms with Crippen molar-refractivity contribution in [1.82, 2.24) is 15.4 Å². The molecule has 8 heteroatoms. The van der Waals surface area contributed by atoms with Gasteiger partial charge in [-0.2, -0.15) is 0 Å². The third kappa shape index (κ3) is 4.71. The minimum atomic E-state index is -3.58. The molecule has 0 radical (unpaired) electrons. The molecule has 2 unspecified atom stereocenters. The van der Waals surface area contributed by atoms with Gasteiger partial charge in [0.05, 0.1) is 5.25 Å². The first-order valence-electron chi connectivity index (χ1n) is 9.94. The maximum atomic E-state index is 12.4. The molecule has 2 aromatic rings. The lowest BCUT2D eigenvalue weighted by Gasteiger charge is -2.32. The first-order valence-corrected chi connectivity index (χ1v) is 11.5. The minimum absolute atomic E-state index is 0.137. The first kappa shape index (κ1) is 22.0. The molecule has 0 aromatic heterocycles. The fourth-order valence-electron chi connectivity index (χ4n) is 3.50. The molecule has 2 atom stereocenters. The molecule has 1 fully saturated rings. The Labute approximate surface area is 177 Å². The summed E-state index contributed by atoms with van der Waals surface area (Å²) in [6.07, 6.45) is 0.650. The Morgan fingerprint density at radius 1 is 1.03 bits per heavy atom. The predicted octanol–water partition coefficient (Wildman–Crippen LogP) is 2.01. The Hall–Kier alpha value is -2.71. The number of carbonyl (C=O) groups excluding carboxylic acids is 2. The van der Waals surface area contributed by atoms with Gasteiger partial charge >= 0.3 is 0 Å². The Morgan fingerprint density at radius 3 is 2.13 bits per heavy atom. The Balaban J connectivity index is 1.83. The molecule has 3 rings (SSSR count). The van der Waals surface area contributed by atoms with Crippen molar-refractivity contribution < 1.29 is 18.0 Å². The van der Waals surface area contributed by atoms with E-state index in [4.69, 9.17) is 0 Å². The highest BCUT2D eigenvalue weighted by atomic mass is 32.2. The monoisotopic (exact) mass is 429 g/mol. The molecule has 1 heterocycles. The summed E-state index contributed by atoms with van der Waals surface area (Å²) in [6, 6.07) is 14.2. The third-order valence-electron chi connectivity index (χ3n) is 5.40. The number of hydrogen-bond acceptors (Lipinski definition) is 4. The fourth-order valence-corrected chi connectivity index (χ4v) is 4.40. The molecule has 2 amide bonds. The maximum absolute atomic E-state index is 12.4. The molecule has 0 bridgehead atoms. The van der Waals surface area contributed by atoms with Crippen molar-refractivity contribution in [3.63, 3.8) is 0 Å². The molecule has 30 heavy (non-hydrogen) atoms. The zero-order valence-corrected chi connectivity index (χ0v) is 18.1. The first-order chi connectivity index (χ1) is 14.2. The number of nitrogens with one attached hydrogen (secondary N) is 3. The maximum Gasteiger partial charge on any atom is 0.251 e. The summed E-state index contributed by atoms with van der Waals surface area (Å²) < 4.78 is 27.3. The average molecular weight is 430 g/mol. The molecule has 7 nitrogen and oxygen atoms in total. The van der Waals surface area contributed by atoms with Gasteiger partial charge in [0.1, 0.15) is 6.04 Å². The molecule has 0 spiro atoms. The summed E-state index contributed by atoms with van der Waals surface area (Å²) in [4.78, 5) is 24.1. The molecule has 1 aliphatic rings. The van der Waals surface area contributed by atoms with Crippen molar-refractivity contribution in [3.05, 3.63) is 59.7 Å². The van der Waals surface area contributed by atoms with Crippen LogP contribution in [-0.4, -0.2) is 45.1 Å². The van der Waals surface area contributed by atoms with Gasteiger partial charge in [-0.15, -0.1) is 0 Å². The lowest BCUT2D eigenvalue weighted by Crippen LogP contribution is -2.55. The van der Waals surface area contributed by atoms with E-state index in [9.17, 15) is 18.0 Å². The van der Waals surface area contributed by atoms with Crippen LogP contribution in [0.2, 0.25) is 0 Å². The molecule has 2 aromatic carbocycles. The SMILES string of the molecule is CNC(=O)c1ccc(-c2ccc(C3CCNC(=O)C3NS(=O)(=O)C(C)C)cc2)cc1. The van der Waals surface area contributed by atoms with Crippen molar-refractivity contribution in [2.45, 2.75) is 37.5 Å². The predicted molar refractivity (Wildman–Crippen MR) is 117 cm³/mol. The zero-order chi connectivity index (χ0) is 21.9. The summed E-state index contributed by atoms with van der Waals surface area (Å²) in [5.41, 5.74) is 3.44. The molecule has 0 saturated carbocycles. The third-order valence-corrected chi connectivity index (χ3v) is 7.22. The number of carbonyl (C=O) groups is 2. The van der Waals surface area contributed by atoms with Gasteiger partial charge in [-0.05, 0) is 49.1 Å². The lowest BCUT2D eigenvalue weighted by molar-refractivity contribution is -0.124. The van der Waals surface area contributed by atoms with E-state index < -0.39 is 21.3 Å². The molecular formula is C22H27N3O4S. The van der Waals surface area contributed by atoms with Gasteiger partial charge in [-0.25, -0.2) is 13.1 Å². The standard InChI is InChI=1S/C22H27N3O4S/c1-14(2)30(28,29)25-20-19(12-13-24-22(20)27)17-8-4-15(5-9-17)16-6-10-18(11-7-16)21(26)23-3/h4-11,14,19-20,25H,12-13H2,1-3H3,(H,23,26)(H,24,27). The second kappa shape index (κ2) is 8.97. The zero-order valence-electron chi connectivity index (χ0n) is 17.3. The van der Waals surface area contributed by atoms with E-state index in [0.717, 1.165) is 16.7 Å². The van der Waals surface area contributed by atoms with Gasteiger partial charge in [-0.3, -0.25) is 9.59 Å². The number of rotatable bonds is 6. The number of amides is 2. The van der Waals surface area contributed by atoms with Gasteiger partial charge in [0, 0.05) is 25.1 Å². The van der Waals surface area contributed by atoms with Crippen molar-refractivity contribution in [2.75, 3.05) is 13.6 Å². The molecule has 160 valence electrons. The molecular weight excluding hydrogens is 402 g/mol. The van der Waals surface area contributed by atoms with Crippen LogP contribution in [0.1, 0.15) is 42.1 Å². The van der Waals surface area contributed by atoms with E-state index in [0.29, 0.717) is 18.5 Å². The van der Waals surface area contributed by atoms with Crippen molar-refractivity contribution in [2.24, 2.45) is 0 Å². The van der Waals surface area contributed by atoms with E-state index in [1.807, 2.05) is 36.4 Å². The quantitative estimate of drug-likeness (QED) is 0.653. The summed E-state index contributed by atoms with van der Waals surface area (Å²) in [5.74, 6) is -0.677. The van der Waals surface area contributed by atoms with Crippen LogP contribution in [0, 0.1) is 0 Å². The van der Waals surface area contributed by atoms with Crippen LogP contribution < -0.4 is 15.4 Å². The van der Waals surface area contributed by atoms with E-state index >= 15 is 0 Å². The van der Waals surface area contributed by atoms with Crippen LogP contribution in [0.4, 0.5) is 0 Å². The van der Waals surface area contributed by atoms with Crippen LogP contribution in [0.5, 0.6) is 0 Å². The number of piperidine rings is 1. The average Bonchev–Trinajstić information content (AvgIpc) is 2.74. The van der Waals surface area contributed by atoms with Crippen molar-refractivity contribution >= 4 is 21.8 Å². The Bertz CT molecular complexity index is 1020. The summed E-state index contributed by atoms with van der Waals surface area (Å²) >= 11 is 0. The summed E-state index contributed by atoms with van der Waals surface area (Å²) in [6.45, 7) is 3.68. The molecule has 3 N–H and O–H groups in total. The van der Waals surface area contributed by atoms with E-state index in [-0.39, 0.29) is 17.7 Å². The Morgan fingerprint density at radius 2 is 1.60 bits per heavy atom. The summed E-state index contributed by atoms with van der Waals surface area (Å²) in [5, 5.41) is 4.73. The van der Waals surface area contributed by atoms with Crippen LogP contribution in [-0.2, 0) is 14.8 Å². The van der Waals surface area contributed by atoms with Gasteiger partial charge in [-0.1, -0.05) is 36.4 Å². The topological polar surface area (TPSA) is 104 Å². The smallest absolute Gasteiger partial charge is 0.251 e. The molecule has 1 saturated heterocycles. The highest BCUT2D eigenvalue weighted by Gasteiger charge is 2.36. The number of benzene rings is 2. The second-order valence-electron chi connectivity index (χ2n) is 7.65. The highest BCUT2D eigenvalue weighted by molar-refractivity contribution is 7.90. The van der Waals surface area contributed by atoms with Crippen LogP contribution in [0.3, 0.4) is 0 Å². The van der Waals surface area contributed by atoms with Crippen molar-refractivity contribution in [1.29, 1.82) is 0 Å². The van der Waals surface area contributed by atoms with E-state index in [1.54, 1.807) is 33.0 Å². The van der Waals surface area contributed by atoms with Gasteiger partial charge in [0.25, 0.3) is 5.91 Å². The molecule has 0 aliphatic carbocycles. The van der Waals surface area contributed by atoms with Gasteiger partial charge in [0.15, 0.2) is 0 Å². The van der Waals surface area contributed by atoms with E-state index in [1.165, 1.54) is 0 Å². The number of hydrogen-bond donors (Lipinski definition) is 3. The van der Waals surface area contributed by atoms with E-state index in [2.05, 4.69) is 15.4 Å². The van der Waals surface area contributed by atoms with Crippen LogP contribution in [0.25, 0.3) is 11.1 Å². The van der Waals surface area contributed by atoms with Gasteiger partial charge < -0.3 is 10.6 Å². The lowest BCUT2D eigenvalue weighted by atomic mass is 9.85. The number of sulfonamides is 1. The molecule has 1 aliphatic heterocycles. The fraction of sp³-hybridized carbons (Fsp3) is 0.364.